The molecule has 0 atom stereocenters. The van der Waals surface area contributed by atoms with E-state index in [-0.39, 0.29) is 11.5 Å². The molecule has 0 bridgehead atoms. The molecule has 0 saturated carbocycles. The Kier molecular flexibility index (Phi) is 3.32. The summed E-state index contributed by atoms with van der Waals surface area (Å²) in [6.45, 7) is 1.94. The molecule has 0 heterocycles. The third-order valence-electron chi connectivity index (χ3n) is 3.41. The van der Waals surface area contributed by atoms with Crippen molar-refractivity contribution in [3.05, 3.63) is 65.7 Å². The summed E-state index contributed by atoms with van der Waals surface area (Å²) in [4.78, 5) is 4.27. The lowest BCUT2D eigenvalue weighted by Gasteiger charge is -2.04. The van der Waals surface area contributed by atoms with Crippen LogP contribution in [-0.2, 0) is 0 Å². The number of rotatable bonds is 2. The molecule has 3 aromatic carbocycles. The first-order valence-corrected chi connectivity index (χ1v) is 6.69. The van der Waals surface area contributed by atoms with Crippen LogP contribution in [0.5, 0.6) is 11.5 Å². The molecule has 3 rings (SSSR count). The van der Waals surface area contributed by atoms with Gasteiger partial charge in [-0.3, -0.25) is 4.99 Å². The molecule has 3 nitrogen and oxygen atoms in total. The van der Waals surface area contributed by atoms with Crippen LogP contribution in [0.3, 0.4) is 0 Å². The summed E-state index contributed by atoms with van der Waals surface area (Å²) in [5.41, 5.74) is 2.12. The summed E-state index contributed by atoms with van der Waals surface area (Å²) in [5, 5.41) is 21.8. The van der Waals surface area contributed by atoms with Crippen LogP contribution in [0.15, 0.2) is 59.6 Å². The normalized spacial score (nSPS) is 11.3. The van der Waals surface area contributed by atoms with E-state index in [1.54, 1.807) is 18.3 Å². The predicted molar refractivity (Wildman–Crippen MR) is 85.7 cm³/mol. The molecule has 3 aromatic rings. The molecule has 21 heavy (non-hydrogen) atoms. The topological polar surface area (TPSA) is 52.8 Å². The van der Waals surface area contributed by atoms with Crippen LogP contribution in [0.2, 0.25) is 0 Å². The number of aliphatic imine (C=N–C) groups is 1. The Morgan fingerprint density at radius 3 is 2.62 bits per heavy atom. The third-order valence-corrected chi connectivity index (χ3v) is 3.41. The van der Waals surface area contributed by atoms with Gasteiger partial charge in [0.1, 0.15) is 17.2 Å². The molecule has 0 aromatic heterocycles. The number of aryl methyl sites for hydroxylation is 1. The van der Waals surface area contributed by atoms with Crippen LogP contribution < -0.4 is 0 Å². The summed E-state index contributed by atoms with van der Waals surface area (Å²) in [6, 6.07) is 16.6. The van der Waals surface area contributed by atoms with Gasteiger partial charge in [-0.15, -0.1) is 0 Å². The van der Waals surface area contributed by atoms with Gasteiger partial charge in [0.05, 0.1) is 0 Å². The van der Waals surface area contributed by atoms with Crippen molar-refractivity contribution in [1.29, 1.82) is 0 Å². The zero-order valence-corrected chi connectivity index (χ0v) is 11.6. The number of fused-ring (bicyclic) bond motifs is 1. The lowest BCUT2D eigenvalue weighted by Crippen LogP contribution is -1.84. The Hall–Kier alpha value is -2.81. The first kappa shape index (κ1) is 13.2. The Morgan fingerprint density at radius 2 is 1.76 bits per heavy atom. The molecule has 0 aliphatic rings. The largest absolute Gasteiger partial charge is 0.507 e. The van der Waals surface area contributed by atoms with E-state index in [4.69, 9.17) is 0 Å². The number of hydrogen-bond donors (Lipinski definition) is 2. The number of nitrogens with zero attached hydrogens (tertiary/aromatic N) is 1. The first-order valence-electron chi connectivity index (χ1n) is 6.69. The first-order chi connectivity index (χ1) is 10.1. The Morgan fingerprint density at radius 1 is 0.952 bits per heavy atom. The van der Waals surface area contributed by atoms with E-state index in [9.17, 15) is 10.2 Å². The van der Waals surface area contributed by atoms with E-state index in [0.29, 0.717) is 11.3 Å². The molecule has 0 aliphatic carbocycles. The van der Waals surface area contributed by atoms with Crippen LogP contribution in [0.1, 0.15) is 11.1 Å². The monoisotopic (exact) mass is 277 g/mol. The molecule has 0 spiro atoms. The molecular weight excluding hydrogens is 262 g/mol. The van der Waals surface area contributed by atoms with Gasteiger partial charge in [-0.1, -0.05) is 36.4 Å². The predicted octanol–water partition coefficient (Wildman–Crippen LogP) is 4.31. The second-order valence-corrected chi connectivity index (χ2v) is 4.97. The molecule has 0 unspecified atom stereocenters. The Balaban J connectivity index is 2.03. The van der Waals surface area contributed by atoms with Gasteiger partial charge in [0.15, 0.2) is 0 Å². The van der Waals surface area contributed by atoms with Crippen molar-refractivity contribution in [1.82, 2.24) is 0 Å². The highest BCUT2D eigenvalue weighted by molar-refractivity contribution is 5.97. The summed E-state index contributed by atoms with van der Waals surface area (Å²) in [5.74, 6) is 0.320. The lowest BCUT2D eigenvalue weighted by molar-refractivity contribution is 0.476. The molecule has 0 aliphatic heterocycles. The van der Waals surface area contributed by atoms with Gasteiger partial charge >= 0.3 is 0 Å². The smallest absolute Gasteiger partial charge is 0.141 e. The minimum Gasteiger partial charge on any atom is -0.507 e. The van der Waals surface area contributed by atoms with Crippen molar-refractivity contribution in [3.8, 4) is 11.5 Å². The van der Waals surface area contributed by atoms with Gasteiger partial charge in [0, 0.05) is 17.2 Å². The molecule has 2 N–H and O–H groups in total. The molecule has 104 valence electrons. The molecular formula is C18H15NO2. The van der Waals surface area contributed by atoms with Crippen molar-refractivity contribution in [2.24, 2.45) is 4.99 Å². The molecule has 0 saturated heterocycles. The number of aromatic hydroxyl groups is 2. The average molecular weight is 277 g/mol. The third kappa shape index (κ3) is 2.58. The molecule has 0 radical (unpaired) electrons. The number of phenolic OH excluding ortho intramolecular Hbond substituents is 2. The fourth-order valence-corrected chi connectivity index (χ4v) is 2.25. The van der Waals surface area contributed by atoms with Crippen LogP contribution in [-0.4, -0.2) is 16.4 Å². The highest BCUT2D eigenvalue weighted by atomic mass is 16.3. The van der Waals surface area contributed by atoms with E-state index in [1.165, 1.54) is 0 Å². The maximum atomic E-state index is 10.3. The maximum Gasteiger partial charge on any atom is 0.141 e. The van der Waals surface area contributed by atoms with Gasteiger partial charge < -0.3 is 10.2 Å². The summed E-state index contributed by atoms with van der Waals surface area (Å²) < 4.78 is 0. The quantitative estimate of drug-likeness (QED) is 0.686. The maximum absolute atomic E-state index is 10.3. The molecule has 0 fully saturated rings. The van der Waals surface area contributed by atoms with E-state index < -0.39 is 0 Å². The van der Waals surface area contributed by atoms with E-state index >= 15 is 0 Å². The highest BCUT2D eigenvalue weighted by Gasteiger charge is 2.04. The van der Waals surface area contributed by atoms with Crippen molar-refractivity contribution < 1.29 is 10.2 Å². The second-order valence-electron chi connectivity index (χ2n) is 4.97. The van der Waals surface area contributed by atoms with Crippen molar-refractivity contribution in [3.63, 3.8) is 0 Å². The number of phenols is 2. The fraction of sp³-hybridized carbons (Fsp3) is 0.0556. The van der Waals surface area contributed by atoms with Crippen molar-refractivity contribution in [2.45, 2.75) is 6.92 Å². The zero-order valence-electron chi connectivity index (χ0n) is 11.6. The summed E-state index contributed by atoms with van der Waals surface area (Å²) >= 11 is 0. The van der Waals surface area contributed by atoms with Crippen molar-refractivity contribution >= 4 is 22.7 Å². The summed E-state index contributed by atoms with van der Waals surface area (Å²) in [7, 11) is 0. The number of hydrogen-bond acceptors (Lipinski definition) is 3. The van der Waals surface area contributed by atoms with Gasteiger partial charge in [-0.25, -0.2) is 0 Å². The number of benzene rings is 3. The average Bonchev–Trinajstić information content (AvgIpc) is 2.50. The van der Waals surface area contributed by atoms with Crippen molar-refractivity contribution in [2.75, 3.05) is 0 Å². The van der Waals surface area contributed by atoms with Crippen LogP contribution in [0.4, 0.5) is 5.69 Å². The highest BCUT2D eigenvalue weighted by Crippen LogP contribution is 2.30. The second kappa shape index (κ2) is 5.29. The van der Waals surface area contributed by atoms with E-state index in [0.717, 1.165) is 16.3 Å². The van der Waals surface area contributed by atoms with Gasteiger partial charge in [0.2, 0.25) is 0 Å². The standard InChI is InChI=1S/C18H15NO2/c1-12-6-9-17(20)16(10-12)19-11-14-8-7-13-4-2-3-5-15(13)18(14)21/h2-11,20-21H,1H3. The van der Waals surface area contributed by atoms with Crippen LogP contribution >= 0.6 is 0 Å². The molecule has 0 amide bonds. The van der Waals surface area contributed by atoms with E-state index in [2.05, 4.69) is 4.99 Å². The SMILES string of the molecule is Cc1ccc(O)c(N=Cc2ccc3ccccc3c2O)c1. The van der Waals surface area contributed by atoms with Crippen LogP contribution in [0.25, 0.3) is 10.8 Å². The Bertz CT molecular complexity index is 838. The zero-order chi connectivity index (χ0) is 14.8. The van der Waals surface area contributed by atoms with Gasteiger partial charge in [-0.2, -0.15) is 0 Å². The summed E-state index contributed by atoms with van der Waals surface area (Å²) in [6.07, 6.45) is 1.57. The van der Waals surface area contributed by atoms with Gasteiger partial charge in [-0.05, 0) is 36.1 Å². The minimum absolute atomic E-state index is 0.122. The lowest BCUT2D eigenvalue weighted by atomic mass is 10.1. The fourth-order valence-electron chi connectivity index (χ4n) is 2.25. The molecule has 3 heteroatoms. The van der Waals surface area contributed by atoms with Crippen LogP contribution in [0, 0.1) is 6.92 Å². The van der Waals surface area contributed by atoms with Gasteiger partial charge in [0.25, 0.3) is 0 Å². The van der Waals surface area contributed by atoms with E-state index in [1.807, 2.05) is 49.4 Å². The Labute approximate surface area is 122 Å². The minimum atomic E-state index is 0.122.